The van der Waals surface area contributed by atoms with Gasteiger partial charge in [0.25, 0.3) is 0 Å². The summed E-state index contributed by atoms with van der Waals surface area (Å²) in [5, 5.41) is 14.8. The van der Waals surface area contributed by atoms with Gasteiger partial charge in [-0.3, -0.25) is 0 Å². The van der Waals surface area contributed by atoms with Gasteiger partial charge in [0.05, 0.1) is 17.7 Å². The lowest BCUT2D eigenvalue weighted by Gasteiger charge is -2.24. The molecule has 0 saturated carbocycles. The van der Waals surface area contributed by atoms with Crippen LogP contribution in [0.2, 0.25) is 0 Å². The first kappa shape index (κ1) is 18.3. The van der Waals surface area contributed by atoms with Crippen molar-refractivity contribution in [1.82, 2.24) is 14.3 Å². The number of methoxy groups -OCH3 is 1. The van der Waals surface area contributed by atoms with Crippen LogP contribution in [0.15, 0.2) is 21.3 Å². The van der Waals surface area contributed by atoms with Crippen molar-refractivity contribution in [2.75, 3.05) is 7.11 Å². The molecule has 0 aliphatic carbocycles. The SMILES string of the molecule is COc1nn(C)c(=O)n1-c1ccsc1C(=C(Cl)C(=O)O)C(C)(C)C. The average molecular weight is 372 g/mol. The Kier molecular flexibility index (Phi) is 4.91. The van der Waals surface area contributed by atoms with E-state index in [0.29, 0.717) is 16.1 Å². The first-order valence-corrected chi connectivity index (χ1v) is 8.27. The number of carboxylic acids is 1. The number of nitrogens with zero attached hydrogens (tertiary/aromatic N) is 3. The minimum atomic E-state index is -1.22. The quantitative estimate of drug-likeness (QED) is 0.835. The molecule has 2 aromatic heterocycles. The van der Waals surface area contributed by atoms with Crippen LogP contribution in [0.5, 0.6) is 6.01 Å². The maximum absolute atomic E-state index is 12.4. The molecule has 0 atom stereocenters. The Morgan fingerprint density at radius 1 is 1.42 bits per heavy atom. The number of ether oxygens (including phenoxy) is 1. The van der Waals surface area contributed by atoms with Crippen LogP contribution in [0.1, 0.15) is 25.6 Å². The zero-order valence-corrected chi connectivity index (χ0v) is 15.5. The number of thiophene rings is 1. The number of carbonyl (C=O) groups is 1. The van der Waals surface area contributed by atoms with Crippen LogP contribution in [-0.2, 0) is 11.8 Å². The van der Waals surface area contributed by atoms with Gasteiger partial charge in [0.15, 0.2) is 0 Å². The first-order valence-electron chi connectivity index (χ1n) is 7.01. The molecule has 0 fully saturated rings. The highest BCUT2D eigenvalue weighted by molar-refractivity contribution is 7.11. The van der Waals surface area contributed by atoms with Gasteiger partial charge < -0.3 is 9.84 Å². The predicted molar refractivity (Wildman–Crippen MR) is 93.1 cm³/mol. The minimum Gasteiger partial charge on any atom is -0.477 e. The number of hydrogen-bond donors (Lipinski definition) is 1. The Balaban J connectivity index is 2.82. The Hall–Kier alpha value is -2.06. The third-order valence-electron chi connectivity index (χ3n) is 3.35. The molecule has 2 heterocycles. The highest BCUT2D eigenvalue weighted by Gasteiger charge is 2.30. The molecule has 7 nitrogen and oxygen atoms in total. The second kappa shape index (κ2) is 6.45. The monoisotopic (exact) mass is 371 g/mol. The molecule has 1 N–H and O–H groups in total. The molecule has 9 heteroatoms. The molecule has 0 unspecified atom stereocenters. The van der Waals surface area contributed by atoms with Crippen LogP contribution in [-0.4, -0.2) is 32.5 Å². The summed E-state index contributed by atoms with van der Waals surface area (Å²) >= 11 is 7.39. The van der Waals surface area contributed by atoms with Crippen LogP contribution in [0.4, 0.5) is 0 Å². The average Bonchev–Trinajstić information content (AvgIpc) is 3.03. The largest absolute Gasteiger partial charge is 0.477 e. The van der Waals surface area contributed by atoms with E-state index in [1.54, 1.807) is 11.4 Å². The molecular weight excluding hydrogens is 354 g/mol. The van der Waals surface area contributed by atoms with Crippen LogP contribution in [0, 0.1) is 5.41 Å². The van der Waals surface area contributed by atoms with E-state index in [2.05, 4.69) is 5.10 Å². The van der Waals surface area contributed by atoms with Gasteiger partial charge >= 0.3 is 17.7 Å². The number of allylic oxidation sites excluding steroid dienone is 1. The Bertz CT molecular complexity index is 870. The number of aliphatic carboxylic acids is 1. The fraction of sp³-hybridized carbons (Fsp3) is 0.400. The number of halogens is 1. The van der Waals surface area contributed by atoms with Crippen LogP contribution in [0.25, 0.3) is 11.3 Å². The molecule has 0 saturated heterocycles. The predicted octanol–water partition coefficient (Wildman–Crippen LogP) is 2.72. The van der Waals surface area contributed by atoms with Gasteiger partial charge in [-0.1, -0.05) is 32.4 Å². The van der Waals surface area contributed by atoms with Crippen LogP contribution < -0.4 is 10.4 Å². The van der Waals surface area contributed by atoms with Gasteiger partial charge in [0, 0.05) is 12.6 Å². The van der Waals surface area contributed by atoms with Crippen molar-refractivity contribution in [3.05, 3.63) is 31.8 Å². The topological polar surface area (TPSA) is 86.4 Å². The van der Waals surface area contributed by atoms with Gasteiger partial charge in [0.2, 0.25) is 0 Å². The van der Waals surface area contributed by atoms with E-state index in [1.807, 2.05) is 20.8 Å². The lowest BCUT2D eigenvalue weighted by Crippen LogP contribution is -2.22. The lowest BCUT2D eigenvalue weighted by atomic mass is 9.84. The third-order valence-corrected chi connectivity index (χ3v) is 4.62. The Labute approximate surface area is 147 Å². The molecule has 2 aromatic rings. The van der Waals surface area contributed by atoms with E-state index in [9.17, 15) is 14.7 Å². The smallest absolute Gasteiger partial charge is 0.353 e. The molecule has 24 heavy (non-hydrogen) atoms. The summed E-state index contributed by atoms with van der Waals surface area (Å²) in [7, 11) is 2.92. The summed E-state index contributed by atoms with van der Waals surface area (Å²) in [4.78, 5) is 24.4. The maximum Gasteiger partial charge on any atom is 0.353 e. The Morgan fingerprint density at radius 3 is 2.54 bits per heavy atom. The Morgan fingerprint density at radius 2 is 2.04 bits per heavy atom. The number of hydrogen-bond acceptors (Lipinski definition) is 5. The summed E-state index contributed by atoms with van der Waals surface area (Å²) in [6, 6.07) is 1.82. The minimum absolute atomic E-state index is 0.113. The normalized spacial score (nSPS) is 12.9. The first-order chi connectivity index (χ1) is 11.1. The summed E-state index contributed by atoms with van der Waals surface area (Å²) in [5.74, 6) is -1.22. The fourth-order valence-corrected chi connectivity index (χ4v) is 3.90. The summed E-state index contributed by atoms with van der Waals surface area (Å²) in [6.07, 6.45) is 0. The molecule has 0 aliphatic rings. The second-order valence-electron chi connectivity index (χ2n) is 6.11. The van der Waals surface area contributed by atoms with E-state index in [0.717, 1.165) is 4.68 Å². The summed E-state index contributed by atoms with van der Waals surface area (Å²) in [5.41, 5.74) is -0.0151. The van der Waals surface area contributed by atoms with Crippen molar-refractivity contribution in [2.45, 2.75) is 20.8 Å². The maximum atomic E-state index is 12.4. The summed E-state index contributed by atoms with van der Waals surface area (Å²) in [6.45, 7) is 5.58. The number of aromatic nitrogens is 3. The lowest BCUT2D eigenvalue weighted by molar-refractivity contribution is -0.131. The second-order valence-corrected chi connectivity index (χ2v) is 7.40. The number of rotatable bonds is 4. The molecule has 0 amide bonds. The van der Waals surface area contributed by atoms with E-state index < -0.39 is 17.1 Å². The fourth-order valence-electron chi connectivity index (χ4n) is 2.32. The van der Waals surface area contributed by atoms with E-state index in [-0.39, 0.29) is 11.0 Å². The zero-order chi connectivity index (χ0) is 18.2. The van der Waals surface area contributed by atoms with Crippen molar-refractivity contribution in [1.29, 1.82) is 0 Å². The molecule has 0 spiro atoms. The number of aryl methyl sites for hydroxylation is 1. The molecule has 0 bridgehead atoms. The molecule has 0 aliphatic heterocycles. The van der Waals surface area contributed by atoms with Gasteiger partial charge in [-0.05, 0) is 16.9 Å². The molecular formula is C15H18ClN3O4S. The molecule has 0 aromatic carbocycles. The van der Waals surface area contributed by atoms with E-state index in [4.69, 9.17) is 16.3 Å². The molecule has 2 rings (SSSR count). The van der Waals surface area contributed by atoms with Crippen LogP contribution >= 0.6 is 22.9 Å². The van der Waals surface area contributed by atoms with Gasteiger partial charge in [0.1, 0.15) is 5.03 Å². The zero-order valence-electron chi connectivity index (χ0n) is 14.0. The standard InChI is InChI=1S/C15H18ClN3O4S/c1-15(2,3)9(10(16)12(20)21)11-8(6-7-24-11)19-13(23-5)17-18(4)14(19)22/h6-7H,1-5H3,(H,20,21). The van der Waals surface area contributed by atoms with Crippen molar-refractivity contribution in [3.8, 4) is 11.7 Å². The van der Waals surface area contributed by atoms with Gasteiger partial charge in [-0.2, -0.15) is 0 Å². The highest BCUT2D eigenvalue weighted by Crippen LogP contribution is 2.43. The van der Waals surface area contributed by atoms with E-state index >= 15 is 0 Å². The van der Waals surface area contributed by atoms with Gasteiger partial charge in [-0.25, -0.2) is 18.8 Å². The highest BCUT2D eigenvalue weighted by atomic mass is 35.5. The van der Waals surface area contributed by atoms with E-state index in [1.165, 1.54) is 30.1 Å². The van der Waals surface area contributed by atoms with Gasteiger partial charge in [-0.15, -0.1) is 16.4 Å². The number of carboxylic acid groups (broad SMARTS) is 1. The van der Waals surface area contributed by atoms with Crippen molar-refractivity contribution in [3.63, 3.8) is 0 Å². The molecule has 0 radical (unpaired) electrons. The third kappa shape index (κ3) is 3.11. The van der Waals surface area contributed by atoms with Crippen molar-refractivity contribution in [2.24, 2.45) is 12.5 Å². The summed E-state index contributed by atoms with van der Waals surface area (Å²) < 4.78 is 7.62. The van der Waals surface area contributed by atoms with Crippen molar-refractivity contribution >= 4 is 34.5 Å². The molecule has 130 valence electrons. The van der Waals surface area contributed by atoms with Crippen molar-refractivity contribution < 1.29 is 14.6 Å². The van der Waals surface area contributed by atoms with Crippen LogP contribution in [0.3, 0.4) is 0 Å².